The number of hydrogen-bond donors (Lipinski definition) is 5. The van der Waals surface area contributed by atoms with E-state index in [4.69, 9.17) is 0 Å². The minimum atomic E-state index is -0.990. The van der Waals surface area contributed by atoms with Gasteiger partial charge in [-0.25, -0.2) is 4.98 Å². The predicted octanol–water partition coefficient (Wildman–Crippen LogP) is 3.15. The van der Waals surface area contributed by atoms with Crippen LogP contribution in [0.4, 0.5) is 4.39 Å². The van der Waals surface area contributed by atoms with Gasteiger partial charge in [-0.1, -0.05) is 44.2 Å². The molecule has 3 rings (SSSR count). The first-order valence-corrected chi connectivity index (χ1v) is 11.0. The number of halogens is 1. The summed E-state index contributed by atoms with van der Waals surface area (Å²) < 4.78 is 13.1. The summed E-state index contributed by atoms with van der Waals surface area (Å²) in [6, 6.07) is 9.42. The van der Waals surface area contributed by atoms with Crippen molar-refractivity contribution in [3.05, 3.63) is 76.9 Å². The van der Waals surface area contributed by atoms with E-state index in [0.29, 0.717) is 5.56 Å². The molecule has 0 spiro atoms. The van der Waals surface area contributed by atoms with Gasteiger partial charge in [0.25, 0.3) is 5.91 Å². The lowest BCUT2D eigenvalue weighted by Gasteiger charge is -2.24. The zero-order valence-corrected chi connectivity index (χ0v) is 19.5. The molecule has 2 aromatic heterocycles. The number of rotatable bonds is 9. The van der Waals surface area contributed by atoms with Crippen LogP contribution in [0.3, 0.4) is 0 Å². The fourth-order valence-electron chi connectivity index (χ4n) is 3.66. The summed E-state index contributed by atoms with van der Waals surface area (Å²) in [7, 11) is 0. The predicted molar refractivity (Wildman–Crippen MR) is 125 cm³/mol. The lowest BCUT2D eigenvalue weighted by molar-refractivity contribution is -0.122. The zero-order chi connectivity index (χ0) is 25.7. The number of amides is 2. The van der Waals surface area contributed by atoms with Crippen molar-refractivity contribution in [1.82, 2.24) is 20.6 Å². The zero-order valence-electron chi connectivity index (χ0n) is 19.5. The van der Waals surface area contributed by atoms with Crippen molar-refractivity contribution in [3.63, 3.8) is 0 Å². The highest BCUT2D eigenvalue weighted by atomic mass is 19.1. The van der Waals surface area contributed by atoms with Crippen molar-refractivity contribution >= 4 is 17.6 Å². The van der Waals surface area contributed by atoms with Gasteiger partial charge in [0.05, 0.1) is 29.6 Å². The summed E-state index contributed by atoms with van der Waals surface area (Å²) in [4.78, 5) is 44.6. The molecule has 2 heterocycles. The topological polar surface area (TPSA) is 144 Å². The van der Waals surface area contributed by atoms with Crippen LogP contribution in [0.5, 0.6) is 11.8 Å². The maximum absolute atomic E-state index is 13.1. The van der Waals surface area contributed by atoms with Gasteiger partial charge in [-0.3, -0.25) is 19.4 Å². The molecule has 0 radical (unpaired) electrons. The molecule has 0 aliphatic rings. The lowest BCUT2D eigenvalue weighted by Crippen LogP contribution is -2.45. The number of hydrogen-bond acceptors (Lipinski definition) is 6. The molecule has 184 valence electrons. The number of carbonyl (C=O) groups excluding carboxylic acids is 3. The first-order valence-electron chi connectivity index (χ1n) is 11.0. The Hall–Kier alpha value is -4.21. The number of carbonyl (C=O) groups is 3. The first kappa shape index (κ1) is 25.4. The number of H-pyrrole nitrogens is 1. The number of nitrogens with zero attached hydrogens (tertiary/aromatic N) is 1. The summed E-state index contributed by atoms with van der Waals surface area (Å²) in [6.45, 7) is 4.95. The average Bonchev–Trinajstić information content (AvgIpc) is 3.08. The lowest BCUT2D eigenvalue weighted by atomic mass is 9.93. The Balaban J connectivity index is 1.79. The van der Waals surface area contributed by atoms with Crippen molar-refractivity contribution in [3.8, 4) is 11.8 Å². The van der Waals surface area contributed by atoms with Crippen LogP contribution in [0.1, 0.15) is 58.2 Å². The summed E-state index contributed by atoms with van der Waals surface area (Å²) in [5.41, 5.74) is 0.858. The van der Waals surface area contributed by atoms with Crippen LogP contribution < -0.4 is 10.6 Å². The number of aromatic nitrogens is 2. The maximum Gasteiger partial charge on any atom is 0.253 e. The molecule has 10 heteroatoms. The van der Waals surface area contributed by atoms with Gasteiger partial charge in [-0.2, -0.15) is 4.39 Å². The SMILES string of the molecule is Cc1c(O)[nH]c(O)c1C(=O)[C@H](NC(=O)C[C@H](NC(=O)c1ccc(F)nc1)c1ccccc1)C(C)C. The number of pyridine rings is 1. The molecule has 0 aliphatic heterocycles. The van der Waals surface area contributed by atoms with Crippen LogP contribution >= 0.6 is 0 Å². The van der Waals surface area contributed by atoms with Crippen molar-refractivity contribution in [2.45, 2.75) is 39.3 Å². The van der Waals surface area contributed by atoms with E-state index in [2.05, 4.69) is 20.6 Å². The van der Waals surface area contributed by atoms with Crippen molar-refractivity contribution in [2.75, 3.05) is 0 Å². The van der Waals surface area contributed by atoms with E-state index in [-0.39, 0.29) is 34.9 Å². The monoisotopic (exact) mass is 482 g/mol. The molecule has 5 N–H and O–H groups in total. The second-order valence-corrected chi connectivity index (χ2v) is 8.49. The Morgan fingerprint density at radius 2 is 1.71 bits per heavy atom. The van der Waals surface area contributed by atoms with Crippen LogP contribution in [0, 0.1) is 18.8 Å². The molecule has 3 aromatic rings. The minimum absolute atomic E-state index is 0.0989. The van der Waals surface area contributed by atoms with Gasteiger partial charge < -0.3 is 20.8 Å². The number of aromatic hydroxyl groups is 2. The van der Waals surface area contributed by atoms with Gasteiger partial charge in [0.1, 0.15) is 0 Å². The highest BCUT2D eigenvalue weighted by molar-refractivity contribution is 6.05. The average molecular weight is 483 g/mol. The number of nitrogens with one attached hydrogen (secondary N) is 3. The Labute approximate surface area is 201 Å². The largest absolute Gasteiger partial charge is 0.494 e. The molecule has 1 aromatic carbocycles. The van der Waals surface area contributed by atoms with Crippen molar-refractivity contribution in [2.24, 2.45) is 5.92 Å². The van der Waals surface area contributed by atoms with Crippen molar-refractivity contribution in [1.29, 1.82) is 0 Å². The quantitative estimate of drug-likeness (QED) is 0.234. The fraction of sp³-hybridized carbons (Fsp3) is 0.280. The molecular weight excluding hydrogens is 455 g/mol. The van der Waals surface area contributed by atoms with Gasteiger partial charge in [0.15, 0.2) is 11.7 Å². The molecule has 35 heavy (non-hydrogen) atoms. The normalized spacial score (nSPS) is 12.7. The van der Waals surface area contributed by atoms with E-state index in [0.717, 1.165) is 12.3 Å². The molecule has 0 fully saturated rings. The Bertz CT molecular complexity index is 1210. The number of benzene rings is 1. The number of Topliss-reactive ketones (excluding diaryl/α,β-unsaturated/α-hetero) is 1. The van der Waals surface area contributed by atoms with Gasteiger partial charge in [-0.05, 0) is 30.5 Å². The van der Waals surface area contributed by atoms with Crippen LogP contribution in [0.15, 0.2) is 48.7 Å². The second-order valence-electron chi connectivity index (χ2n) is 8.49. The fourth-order valence-corrected chi connectivity index (χ4v) is 3.66. The van der Waals surface area contributed by atoms with Gasteiger partial charge in [0.2, 0.25) is 17.7 Å². The van der Waals surface area contributed by atoms with Gasteiger partial charge in [0, 0.05) is 11.8 Å². The molecule has 0 aliphatic carbocycles. The van der Waals surface area contributed by atoms with Gasteiger partial charge in [-0.15, -0.1) is 0 Å². The molecule has 0 unspecified atom stereocenters. The third-order valence-corrected chi connectivity index (χ3v) is 5.60. The van der Waals surface area contributed by atoms with E-state index in [1.165, 1.54) is 13.0 Å². The molecule has 0 saturated heterocycles. The first-order chi connectivity index (χ1) is 16.6. The van der Waals surface area contributed by atoms with E-state index in [1.807, 2.05) is 0 Å². The van der Waals surface area contributed by atoms with E-state index in [9.17, 15) is 29.0 Å². The third-order valence-electron chi connectivity index (χ3n) is 5.60. The molecule has 0 saturated carbocycles. The molecule has 9 nitrogen and oxygen atoms in total. The minimum Gasteiger partial charge on any atom is -0.494 e. The van der Waals surface area contributed by atoms with Gasteiger partial charge >= 0.3 is 0 Å². The Morgan fingerprint density at radius 1 is 1.03 bits per heavy atom. The Kier molecular flexibility index (Phi) is 7.85. The standard InChI is InChI=1S/C25H27FN4O5/c1-13(2)21(22(32)20-14(3)23(33)30-25(20)35)29-19(31)11-17(15-7-5-4-6-8-15)28-24(34)16-9-10-18(26)27-12-16/h4-10,12-13,17,21,30,33,35H,11H2,1-3H3,(H,28,34)(H,29,31)/t17-,21+/m0/s1. The highest BCUT2D eigenvalue weighted by Gasteiger charge is 2.31. The number of aromatic amines is 1. The molecule has 2 amide bonds. The highest BCUT2D eigenvalue weighted by Crippen LogP contribution is 2.30. The summed E-state index contributed by atoms with van der Waals surface area (Å²) in [5.74, 6) is -3.48. The molecular formula is C25H27FN4O5. The van der Waals surface area contributed by atoms with Crippen LogP contribution in [0.25, 0.3) is 0 Å². The second kappa shape index (κ2) is 10.8. The molecule has 0 bridgehead atoms. The molecule has 2 atom stereocenters. The summed E-state index contributed by atoms with van der Waals surface area (Å²) in [6.07, 6.45) is 0.908. The van der Waals surface area contributed by atoms with E-state index >= 15 is 0 Å². The summed E-state index contributed by atoms with van der Waals surface area (Å²) >= 11 is 0. The smallest absolute Gasteiger partial charge is 0.253 e. The van der Waals surface area contributed by atoms with Crippen LogP contribution in [-0.4, -0.2) is 43.8 Å². The third kappa shape index (κ3) is 6.03. The van der Waals surface area contributed by atoms with Crippen LogP contribution in [-0.2, 0) is 4.79 Å². The Morgan fingerprint density at radius 3 is 2.26 bits per heavy atom. The van der Waals surface area contributed by atoms with E-state index in [1.54, 1.807) is 44.2 Å². The number of ketones is 1. The maximum atomic E-state index is 13.1. The van der Waals surface area contributed by atoms with E-state index < -0.39 is 41.5 Å². The van der Waals surface area contributed by atoms with Crippen LogP contribution in [0.2, 0.25) is 0 Å². The van der Waals surface area contributed by atoms with Crippen molar-refractivity contribution < 1.29 is 29.0 Å². The summed E-state index contributed by atoms with van der Waals surface area (Å²) in [5, 5.41) is 25.3.